The number of carbonyl (C=O) groups is 1. The Morgan fingerprint density at radius 1 is 1.42 bits per heavy atom. The molecule has 0 N–H and O–H groups in total. The first-order chi connectivity index (χ1) is 9.19. The Morgan fingerprint density at radius 2 is 2.16 bits per heavy atom. The molecule has 1 saturated carbocycles. The van der Waals surface area contributed by atoms with Crippen LogP contribution in [0.3, 0.4) is 0 Å². The lowest BCUT2D eigenvalue weighted by Crippen LogP contribution is -2.03. The molecule has 1 fully saturated rings. The van der Waals surface area contributed by atoms with Crippen LogP contribution in [-0.2, 0) is 9.53 Å². The van der Waals surface area contributed by atoms with Crippen LogP contribution < -0.4 is 0 Å². The van der Waals surface area contributed by atoms with Gasteiger partial charge in [-0.25, -0.2) is 0 Å². The van der Waals surface area contributed by atoms with Gasteiger partial charge in [-0.05, 0) is 30.7 Å². The van der Waals surface area contributed by atoms with Crippen LogP contribution in [0, 0.1) is 5.92 Å². The Labute approximate surface area is 118 Å². The van der Waals surface area contributed by atoms with Gasteiger partial charge in [0.15, 0.2) is 0 Å². The van der Waals surface area contributed by atoms with Crippen molar-refractivity contribution in [2.75, 3.05) is 7.11 Å². The Kier molecular flexibility index (Phi) is 3.10. The highest BCUT2D eigenvalue weighted by molar-refractivity contribution is 9.10. The molecule has 0 spiro atoms. The summed E-state index contributed by atoms with van der Waals surface area (Å²) >= 11 is 3.37. The van der Waals surface area contributed by atoms with E-state index in [9.17, 15) is 4.79 Å². The van der Waals surface area contributed by atoms with Crippen LogP contribution in [0.25, 0.3) is 11.4 Å². The van der Waals surface area contributed by atoms with E-state index >= 15 is 0 Å². The second kappa shape index (κ2) is 4.77. The number of esters is 1. The van der Waals surface area contributed by atoms with Crippen LogP contribution in [0.15, 0.2) is 33.3 Å². The zero-order chi connectivity index (χ0) is 13.4. The number of methoxy groups -OCH3 is 1. The largest absolute Gasteiger partial charge is 0.469 e. The molecule has 3 rings (SSSR count). The molecule has 0 unspecified atom stereocenters. The van der Waals surface area contributed by atoms with Crippen LogP contribution in [0.4, 0.5) is 0 Å². The average molecular weight is 323 g/mol. The summed E-state index contributed by atoms with van der Waals surface area (Å²) in [6.07, 6.45) is 0.717. The highest BCUT2D eigenvalue weighted by atomic mass is 79.9. The maximum absolute atomic E-state index is 11.4. The SMILES string of the molecule is COC(=O)[C@H]1C[C@H]1c1nc(-c2ccc(Br)cc2)no1. The molecular formula is C13H11BrN2O3. The minimum absolute atomic E-state index is 0.00384. The van der Waals surface area contributed by atoms with Crippen LogP contribution in [0.5, 0.6) is 0 Å². The van der Waals surface area contributed by atoms with Crippen LogP contribution in [0.1, 0.15) is 18.2 Å². The van der Waals surface area contributed by atoms with Crippen molar-refractivity contribution < 1.29 is 14.1 Å². The van der Waals surface area contributed by atoms with E-state index in [1.807, 2.05) is 24.3 Å². The van der Waals surface area contributed by atoms with Crippen LogP contribution in [-0.4, -0.2) is 23.2 Å². The molecular weight excluding hydrogens is 312 g/mol. The lowest BCUT2D eigenvalue weighted by molar-refractivity contribution is -0.142. The van der Waals surface area contributed by atoms with Crippen molar-refractivity contribution in [1.82, 2.24) is 10.1 Å². The van der Waals surface area contributed by atoms with Crippen molar-refractivity contribution in [2.45, 2.75) is 12.3 Å². The molecule has 1 aliphatic carbocycles. The summed E-state index contributed by atoms with van der Waals surface area (Å²) in [6, 6.07) is 7.65. The maximum Gasteiger partial charge on any atom is 0.309 e. The monoisotopic (exact) mass is 322 g/mol. The summed E-state index contributed by atoms with van der Waals surface area (Å²) in [6.45, 7) is 0. The summed E-state index contributed by atoms with van der Waals surface area (Å²) < 4.78 is 10.9. The molecule has 0 bridgehead atoms. The van der Waals surface area contributed by atoms with Crippen molar-refractivity contribution in [1.29, 1.82) is 0 Å². The fourth-order valence-corrected chi connectivity index (χ4v) is 2.25. The van der Waals surface area contributed by atoms with Gasteiger partial charge in [-0.3, -0.25) is 4.79 Å². The Balaban J connectivity index is 1.78. The third-order valence-electron chi connectivity index (χ3n) is 3.16. The molecule has 0 radical (unpaired) electrons. The molecule has 19 heavy (non-hydrogen) atoms. The van der Waals surface area contributed by atoms with Gasteiger partial charge in [0.1, 0.15) is 0 Å². The quantitative estimate of drug-likeness (QED) is 0.813. The second-order valence-corrected chi connectivity index (χ2v) is 5.35. The predicted molar refractivity (Wildman–Crippen MR) is 70.3 cm³/mol. The zero-order valence-electron chi connectivity index (χ0n) is 10.2. The predicted octanol–water partition coefficient (Wildman–Crippen LogP) is 2.78. The van der Waals surface area contributed by atoms with Crippen molar-refractivity contribution >= 4 is 21.9 Å². The number of hydrogen-bond acceptors (Lipinski definition) is 5. The number of nitrogens with zero attached hydrogens (tertiary/aromatic N) is 2. The Hall–Kier alpha value is -1.69. The molecule has 1 aromatic heterocycles. The fourth-order valence-electron chi connectivity index (χ4n) is 1.98. The highest BCUT2D eigenvalue weighted by Gasteiger charge is 2.48. The Morgan fingerprint density at radius 3 is 2.84 bits per heavy atom. The van der Waals surface area contributed by atoms with Crippen molar-refractivity contribution in [3.63, 3.8) is 0 Å². The third kappa shape index (κ3) is 2.40. The number of aromatic nitrogens is 2. The fraction of sp³-hybridized carbons (Fsp3) is 0.308. The van der Waals surface area contributed by atoms with Crippen molar-refractivity contribution in [3.05, 3.63) is 34.6 Å². The molecule has 5 nitrogen and oxygen atoms in total. The van der Waals surface area contributed by atoms with Gasteiger partial charge in [-0.15, -0.1) is 0 Å². The van der Waals surface area contributed by atoms with E-state index in [-0.39, 0.29) is 17.8 Å². The van der Waals surface area contributed by atoms with Gasteiger partial charge >= 0.3 is 5.97 Å². The van der Waals surface area contributed by atoms with Gasteiger partial charge in [-0.1, -0.05) is 21.1 Å². The third-order valence-corrected chi connectivity index (χ3v) is 3.68. The number of rotatable bonds is 3. The van der Waals surface area contributed by atoms with E-state index in [1.54, 1.807) is 0 Å². The summed E-state index contributed by atoms with van der Waals surface area (Å²) in [5.74, 6) is 0.701. The van der Waals surface area contributed by atoms with Crippen LogP contribution in [0.2, 0.25) is 0 Å². The number of carbonyl (C=O) groups excluding carboxylic acids is 1. The van der Waals surface area contributed by atoms with Gasteiger partial charge in [0, 0.05) is 10.0 Å². The molecule has 98 valence electrons. The number of hydrogen-bond donors (Lipinski definition) is 0. The molecule has 0 amide bonds. The van der Waals surface area contributed by atoms with Gasteiger partial charge < -0.3 is 9.26 Å². The average Bonchev–Trinajstić information content (AvgIpc) is 3.08. The highest BCUT2D eigenvalue weighted by Crippen LogP contribution is 2.47. The van der Waals surface area contributed by atoms with Crippen LogP contribution >= 0.6 is 15.9 Å². The van der Waals surface area contributed by atoms with E-state index in [2.05, 4.69) is 26.1 Å². The Bertz CT molecular complexity index is 609. The normalized spacial score (nSPS) is 21.2. The first kappa shape index (κ1) is 12.3. The number of benzene rings is 1. The van der Waals surface area contributed by atoms with Gasteiger partial charge in [-0.2, -0.15) is 4.98 Å². The van der Waals surface area contributed by atoms with E-state index < -0.39 is 0 Å². The molecule has 6 heteroatoms. The molecule has 0 aliphatic heterocycles. The zero-order valence-corrected chi connectivity index (χ0v) is 11.8. The molecule has 1 aliphatic rings. The summed E-state index contributed by atoms with van der Waals surface area (Å²) in [4.78, 5) is 15.7. The molecule has 1 heterocycles. The van der Waals surface area contributed by atoms with Gasteiger partial charge in [0.25, 0.3) is 0 Å². The molecule has 1 aromatic carbocycles. The number of ether oxygens (including phenoxy) is 1. The molecule has 2 atom stereocenters. The summed E-state index contributed by atoms with van der Waals surface area (Å²) in [5.41, 5.74) is 0.883. The topological polar surface area (TPSA) is 65.2 Å². The van der Waals surface area contributed by atoms with E-state index in [0.29, 0.717) is 18.1 Å². The van der Waals surface area contributed by atoms with E-state index in [4.69, 9.17) is 9.26 Å². The second-order valence-electron chi connectivity index (χ2n) is 4.43. The maximum atomic E-state index is 11.4. The minimum Gasteiger partial charge on any atom is -0.469 e. The molecule has 2 aromatic rings. The smallest absolute Gasteiger partial charge is 0.309 e. The summed E-state index contributed by atoms with van der Waals surface area (Å²) in [7, 11) is 1.39. The standard InChI is InChI=1S/C13H11BrN2O3/c1-18-13(17)10-6-9(10)12-15-11(16-19-12)7-2-4-8(14)5-3-7/h2-5,9-10H,6H2,1H3/t9-,10+/m1/s1. The van der Waals surface area contributed by atoms with Gasteiger partial charge in [0.05, 0.1) is 18.9 Å². The molecule has 0 saturated heterocycles. The van der Waals surface area contributed by atoms with E-state index in [1.165, 1.54) is 7.11 Å². The number of halogens is 1. The van der Waals surface area contributed by atoms with Crippen molar-refractivity contribution in [3.8, 4) is 11.4 Å². The lowest BCUT2D eigenvalue weighted by Gasteiger charge is -1.94. The van der Waals surface area contributed by atoms with E-state index in [0.717, 1.165) is 10.0 Å². The summed E-state index contributed by atoms with van der Waals surface area (Å²) in [5, 5.41) is 3.94. The first-order valence-corrected chi connectivity index (χ1v) is 6.65. The minimum atomic E-state index is -0.214. The lowest BCUT2D eigenvalue weighted by atomic mass is 10.2. The van der Waals surface area contributed by atoms with Crippen molar-refractivity contribution in [2.24, 2.45) is 5.92 Å². The van der Waals surface area contributed by atoms with Gasteiger partial charge in [0.2, 0.25) is 11.7 Å². The first-order valence-electron chi connectivity index (χ1n) is 5.86.